The molecule has 0 bridgehead atoms. The van der Waals surface area contributed by atoms with Crippen molar-refractivity contribution in [3.8, 4) is 11.7 Å². The number of sulfone groups is 1. The highest BCUT2D eigenvalue weighted by molar-refractivity contribution is 7.91. The van der Waals surface area contributed by atoms with Gasteiger partial charge in [0.1, 0.15) is 5.82 Å². The van der Waals surface area contributed by atoms with Crippen LogP contribution < -0.4 is 4.90 Å². The molecule has 2 aromatic heterocycles. The Kier molecular flexibility index (Phi) is 3.84. The fourth-order valence-electron chi connectivity index (χ4n) is 2.82. The fraction of sp³-hybridized carbons (Fsp3) is 0.235. The Morgan fingerprint density at radius 1 is 1.08 bits per heavy atom. The van der Waals surface area contributed by atoms with Gasteiger partial charge in [-0.3, -0.25) is 0 Å². The second kappa shape index (κ2) is 6.03. The SMILES string of the molecule is O=S(=O)(c1ccc(F)cc1)c1nc(-c2ccco2)oc1N1CCCC1. The molecule has 0 atom stereocenters. The highest BCUT2D eigenvalue weighted by atomic mass is 32.2. The zero-order valence-corrected chi connectivity index (χ0v) is 14.0. The predicted molar refractivity (Wildman–Crippen MR) is 87.5 cm³/mol. The lowest BCUT2D eigenvalue weighted by Gasteiger charge is -2.14. The maximum Gasteiger partial charge on any atom is 0.266 e. The van der Waals surface area contributed by atoms with Gasteiger partial charge in [0.25, 0.3) is 5.89 Å². The molecule has 1 aliphatic heterocycles. The van der Waals surface area contributed by atoms with Gasteiger partial charge in [0, 0.05) is 13.1 Å². The lowest BCUT2D eigenvalue weighted by atomic mass is 10.4. The highest BCUT2D eigenvalue weighted by Gasteiger charge is 2.32. The van der Waals surface area contributed by atoms with Crippen molar-refractivity contribution in [2.45, 2.75) is 22.8 Å². The molecule has 6 nitrogen and oxygen atoms in total. The van der Waals surface area contributed by atoms with E-state index in [4.69, 9.17) is 8.83 Å². The smallest absolute Gasteiger partial charge is 0.266 e. The molecule has 0 unspecified atom stereocenters. The Balaban J connectivity index is 1.85. The van der Waals surface area contributed by atoms with Crippen molar-refractivity contribution >= 4 is 15.7 Å². The zero-order chi connectivity index (χ0) is 17.4. The number of oxazole rings is 1. The minimum absolute atomic E-state index is 0.0337. The highest BCUT2D eigenvalue weighted by Crippen LogP contribution is 2.36. The predicted octanol–water partition coefficient (Wildman–Crippen LogP) is 3.51. The summed E-state index contributed by atoms with van der Waals surface area (Å²) in [5.41, 5.74) is 0. The van der Waals surface area contributed by atoms with Crippen LogP contribution in [0.25, 0.3) is 11.7 Å². The number of benzene rings is 1. The molecule has 3 heterocycles. The van der Waals surface area contributed by atoms with E-state index in [1.165, 1.54) is 18.4 Å². The Morgan fingerprint density at radius 3 is 2.44 bits per heavy atom. The van der Waals surface area contributed by atoms with Crippen LogP contribution in [0.4, 0.5) is 10.3 Å². The molecule has 4 rings (SSSR count). The first-order chi connectivity index (χ1) is 12.1. The van der Waals surface area contributed by atoms with Gasteiger partial charge in [-0.15, -0.1) is 0 Å². The van der Waals surface area contributed by atoms with E-state index in [2.05, 4.69) is 4.98 Å². The van der Waals surface area contributed by atoms with Crippen LogP contribution in [-0.2, 0) is 9.84 Å². The Labute approximate surface area is 143 Å². The van der Waals surface area contributed by atoms with Crippen LogP contribution in [0, 0.1) is 5.82 Å². The number of furan rings is 1. The van der Waals surface area contributed by atoms with Crippen molar-refractivity contribution < 1.29 is 21.6 Å². The minimum Gasteiger partial charge on any atom is -0.459 e. The van der Waals surface area contributed by atoms with Crippen molar-refractivity contribution in [3.63, 3.8) is 0 Å². The Hall–Kier alpha value is -2.61. The summed E-state index contributed by atoms with van der Waals surface area (Å²) in [5, 5.41) is -0.174. The maximum atomic E-state index is 13.1. The molecule has 1 saturated heterocycles. The maximum absolute atomic E-state index is 13.1. The van der Waals surface area contributed by atoms with Gasteiger partial charge in [-0.2, -0.15) is 4.98 Å². The average molecular weight is 362 g/mol. The van der Waals surface area contributed by atoms with E-state index in [0.29, 0.717) is 18.8 Å². The summed E-state index contributed by atoms with van der Waals surface area (Å²) in [5.74, 6) is 0.150. The van der Waals surface area contributed by atoms with Gasteiger partial charge >= 0.3 is 0 Å². The number of anilines is 1. The van der Waals surface area contributed by atoms with Crippen LogP contribution in [-0.4, -0.2) is 26.5 Å². The van der Waals surface area contributed by atoms with Crippen molar-refractivity contribution in [2.24, 2.45) is 0 Å². The number of halogens is 1. The van der Waals surface area contributed by atoms with Gasteiger partial charge in [0.05, 0.1) is 11.2 Å². The molecule has 25 heavy (non-hydrogen) atoms. The van der Waals surface area contributed by atoms with Crippen molar-refractivity contribution in [3.05, 3.63) is 48.5 Å². The molecule has 0 aliphatic carbocycles. The van der Waals surface area contributed by atoms with E-state index >= 15 is 0 Å². The molecule has 0 amide bonds. The van der Waals surface area contributed by atoms with Gasteiger partial charge in [-0.25, -0.2) is 12.8 Å². The van der Waals surface area contributed by atoms with E-state index in [-0.39, 0.29) is 21.7 Å². The molecular formula is C17H15FN2O4S. The summed E-state index contributed by atoms with van der Waals surface area (Å²) < 4.78 is 50.2. The van der Waals surface area contributed by atoms with E-state index in [9.17, 15) is 12.8 Å². The molecule has 3 aromatic rings. The number of nitrogens with zero attached hydrogens (tertiary/aromatic N) is 2. The van der Waals surface area contributed by atoms with Gasteiger partial charge in [0.2, 0.25) is 20.7 Å². The summed E-state index contributed by atoms with van der Waals surface area (Å²) in [6.45, 7) is 1.39. The van der Waals surface area contributed by atoms with Crippen LogP contribution in [0.2, 0.25) is 0 Å². The van der Waals surface area contributed by atoms with E-state index in [1.807, 2.05) is 4.90 Å². The summed E-state index contributed by atoms with van der Waals surface area (Å²) >= 11 is 0. The number of hydrogen-bond acceptors (Lipinski definition) is 6. The average Bonchev–Trinajstić information content (AvgIpc) is 3.34. The number of rotatable bonds is 4. The van der Waals surface area contributed by atoms with Crippen LogP contribution in [0.3, 0.4) is 0 Å². The number of aromatic nitrogens is 1. The first-order valence-electron chi connectivity index (χ1n) is 7.86. The molecule has 1 aromatic carbocycles. The molecular weight excluding hydrogens is 347 g/mol. The summed E-state index contributed by atoms with van der Waals surface area (Å²) in [7, 11) is -3.95. The molecule has 1 aliphatic rings. The standard InChI is InChI=1S/C17H15FN2O4S/c18-12-5-7-13(8-6-12)25(21,22)16-17(20-9-1-2-10-20)24-15(19-16)14-4-3-11-23-14/h3-8,11H,1-2,9-10H2. The van der Waals surface area contributed by atoms with Crippen LogP contribution in [0.5, 0.6) is 0 Å². The third-order valence-corrected chi connectivity index (χ3v) is 5.75. The lowest BCUT2D eigenvalue weighted by Crippen LogP contribution is -2.19. The van der Waals surface area contributed by atoms with Crippen molar-refractivity contribution in [1.29, 1.82) is 0 Å². The zero-order valence-electron chi connectivity index (χ0n) is 13.2. The minimum atomic E-state index is -3.95. The van der Waals surface area contributed by atoms with Crippen LogP contribution >= 0.6 is 0 Å². The topological polar surface area (TPSA) is 76.5 Å². The third kappa shape index (κ3) is 2.82. The molecule has 0 spiro atoms. The van der Waals surface area contributed by atoms with Crippen LogP contribution in [0.15, 0.2) is 61.4 Å². The van der Waals surface area contributed by atoms with Crippen molar-refractivity contribution in [2.75, 3.05) is 18.0 Å². The summed E-state index contributed by atoms with van der Waals surface area (Å²) in [4.78, 5) is 6.01. The van der Waals surface area contributed by atoms with E-state index in [1.54, 1.807) is 12.1 Å². The third-order valence-electron chi connectivity index (χ3n) is 4.08. The molecule has 0 N–H and O–H groups in total. The summed E-state index contributed by atoms with van der Waals surface area (Å²) in [6.07, 6.45) is 3.36. The first-order valence-corrected chi connectivity index (χ1v) is 9.34. The Bertz CT molecular complexity index is 972. The van der Waals surface area contributed by atoms with Gasteiger partial charge in [0.15, 0.2) is 5.76 Å². The van der Waals surface area contributed by atoms with Gasteiger partial charge in [-0.1, -0.05) is 0 Å². The van der Waals surface area contributed by atoms with Gasteiger partial charge < -0.3 is 13.7 Å². The van der Waals surface area contributed by atoms with Crippen LogP contribution in [0.1, 0.15) is 12.8 Å². The molecule has 1 fully saturated rings. The second-order valence-corrected chi connectivity index (χ2v) is 7.62. The van der Waals surface area contributed by atoms with E-state index in [0.717, 1.165) is 25.0 Å². The number of hydrogen-bond donors (Lipinski definition) is 0. The quantitative estimate of drug-likeness (QED) is 0.661. The molecule has 0 radical (unpaired) electrons. The summed E-state index contributed by atoms with van der Waals surface area (Å²) in [6, 6.07) is 7.97. The van der Waals surface area contributed by atoms with Crippen molar-refractivity contribution in [1.82, 2.24) is 4.98 Å². The van der Waals surface area contributed by atoms with E-state index < -0.39 is 15.7 Å². The normalized spacial score (nSPS) is 15.0. The monoisotopic (exact) mass is 362 g/mol. The van der Waals surface area contributed by atoms with Gasteiger partial charge in [-0.05, 0) is 49.2 Å². The largest absolute Gasteiger partial charge is 0.459 e. The molecule has 0 saturated carbocycles. The molecule has 130 valence electrons. The Morgan fingerprint density at radius 2 is 1.80 bits per heavy atom. The first kappa shape index (κ1) is 15.9. The second-order valence-electron chi connectivity index (χ2n) is 5.76. The molecule has 8 heteroatoms. The lowest BCUT2D eigenvalue weighted by molar-refractivity contribution is 0.513. The fourth-order valence-corrected chi connectivity index (χ4v) is 4.15.